The molecule has 2 aromatic rings. The normalized spacial score (nSPS) is 11.4. The van der Waals surface area contributed by atoms with Crippen LogP contribution in [-0.4, -0.2) is 15.7 Å². The van der Waals surface area contributed by atoms with Gasteiger partial charge in [0, 0.05) is 16.2 Å². The van der Waals surface area contributed by atoms with Crippen LogP contribution in [-0.2, 0) is 0 Å². The molecule has 0 fully saturated rings. The number of H-pyrrole nitrogens is 1. The number of rotatable bonds is 3. The van der Waals surface area contributed by atoms with Gasteiger partial charge >= 0.3 is 0 Å². The van der Waals surface area contributed by atoms with E-state index in [1.807, 2.05) is 31.2 Å². The Labute approximate surface area is 118 Å². The average molecular weight is 321 g/mol. The fourth-order valence-corrected chi connectivity index (χ4v) is 1.95. The monoisotopic (exact) mass is 320 g/mol. The molecule has 2 N–H and O–H groups in total. The van der Waals surface area contributed by atoms with Crippen molar-refractivity contribution in [1.29, 1.82) is 0 Å². The highest BCUT2D eigenvalue weighted by Gasteiger charge is 1.99. The number of benzene rings is 1. The smallest absolute Gasteiger partial charge is 0.252 e. The first kappa shape index (κ1) is 13.5. The van der Waals surface area contributed by atoms with Crippen molar-refractivity contribution in [3.05, 3.63) is 56.4 Å². The maximum Gasteiger partial charge on any atom is 0.252 e. The molecule has 6 heteroatoms. The molecule has 5 nitrogen and oxygen atoms in total. The molecule has 0 spiro atoms. The zero-order chi connectivity index (χ0) is 13.8. The first-order valence-corrected chi connectivity index (χ1v) is 6.48. The third kappa shape index (κ3) is 3.75. The molecule has 19 heavy (non-hydrogen) atoms. The van der Waals surface area contributed by atoms with E-state index in [2.05, 4.69) is 36.4 Å². The number of aromatic amines is 1. The molecular weight excluding hydrogens is 308 g/mol. The van der Waals surface area contributed by atoms with E-state index >= 15 is 0 Å². The lowest BCUT2D eigenvalue weighted by Gasteiger charge is -2.03. The summed E-state index contributed by atoms with van der Waals surface area (Å²) in [6.45, 7) is 3.63. The Morgan fingerprint density at radius 1 is 1.42 bits per heavy atom. The van der Waals surface area contributed by atoms with E-state index < -0.39 is 0 Å². The van der Waals surface area contributed by atoms with E-state index in [1.165, 1.54) is 6.07 Å². The van der Waals surface area contributed by atoms with Crippen molar-refractivity contribution >= 4 is 27.6 Å². The summed E-state index contributed by atoms with van der Waals surface area (Å²) < 4.78 is 0.988. The summed E-state index contributed by atoms with van der Waals surface area (Å²) in [5, 5.41) is 4.20. The maximum atomic E-state index is 11.3. The molecule has 1 aromatic heterocycles. The molecule has 0 bridgehead atoms. The molecule has 0 aliphatic rings. The predicted octanol–water partition coefficient (Wildman–Crippen LogP) is 2.68. The van der Waals surface area contributed by atoms with Crippen LogP contribution in [0.2, 0.25) is 0 Å². The van der Waals surface area contributed by atoms with Gasteiger partial charge in [-0.25, -0.2) is 10.4 Å². The van der Waals surface area contributed by atoms with Gasteiger partial charge in [0.15, 0.2) is 0 Å². The van der Waals surface area contributed by atoms with Crippen LogP contribution in [0.5, 0.6) is 0 Å². The summed E-state index contributed by atoms with van der Waals surface area (Å²) in [5.41, 5.74) is 4.97. The van der Waals surface area contributed by atoms with Crippen molar-refractivity contribution in [3.8, 4) is 0 Å². The molecule has 0 aliphatic heterocycles. The number of hydrogen-bond acceptors (Lipinski definition) is 4. The first-order valence-electron chi connectivity index (χ1n) is 5.69. The van der Waals surface area contributed by atoms with Crippen LogP contribution in [0.15, 0.2) is 44.7 Å². The lowest BCUT2D eigenvalue weighted by molar-refractivity contribution is 1.04. The zero-order valence-corrected chi connectivity index (χ0v) is 12.2. The molecule has 98 valence electrons. The number of aromatic nitrogens is 2. The first-order chi connectivity index (χ1) is 9.04. The molecule has 0 aliphatic carbocycles. The number of hydrogen-bond donors (Lipinski definition) is 2. The van der Waals surface area contributed by atoms with E-state index in [1.54, 1.807) is 6.92 Å². The van der Waals surface area contributed by atoms with Crippen LogP contribution in [0.25, 0.3) is 0 Å². The van der Waals surface area contributed by atoms with Crippen LogP contribution in [0.4, 0.5) is 5.95 Å². The highest BCUT2D eigenvalue weighted by molar-refractivity contribution is 9.10. The standard InChI is InChI=1S/C13H13BrN4O/c1-8-6-12(19)16-13(15-8)18-17-9(2)10-4-3-5-11(14)7-10/h3-7H,1-2H3,(H2,15,16,18,19)/b17-9-. The van der Waals surface area contributed by atoms with E-state index in [9.17, 15) is 4.79 Å². The van der Waals surface area contributed by atoms with Gasteiger partial charge in [0.25, 0.3) is 5.56 Å². The largest absolute Gasteiger partial charge is 0.291 e. The number of halogens is 1. The molecular formula is C13H13BrN4O. The van der Waals surface area contributed by atoms with E-state index in [-0.39, 0.29) is 5.56 Å². The highest BCUT2D eigenvalue weighted by Crippen LogP contribution is 2.12. The van der Waals surface area contributed by atoms with Crippen molar-refractivity contribution in [2.75, 3.05) is 5.43 Å². The zero-order valence-electron chi connectivity index (χ0n) is 10.6. The second-order valence-electron chi connectivity index (χ2n) is 4.05. The molecule has 2 rings (SSSR count). The molecule has 0 saturated heterocycles. The van der Waals surface area contributed by atoms with Gasteiger partial charge in [-0.05, 0) is 31.5 Å². The van der Waals surface area contributed by atoms with Gasteiger partial charge in [0.05, 0.1) is 5.71 Å². The van der Waals surface area contributed by atoms with Crippen LogP contribution in [0.1, 0.15) is 18.2 Å². The van der Waals surface area contributed by atoms with Crippen molar-refractivity contribution in [2.45, 2.75) is 13.8 Å². The fraction of sp³-hybridized carbons (Fsp3) is 0.154. The van der Waals surface area contributed by atoms with Crippen molar-refractivity contribution in [3.63, 3.8) is 0 Å². The lowest BCUT2D eigenvalue weighted by atomic mass is 10.1. The maximum absolute atomic E-state index is 11.3. The highest BCUT2D eigenvalue weighted by atomic mass is 79.9. The van der Waals surface area contributed by atoms with Crippen molar-refractivity contribution < 1.29 is 0 Å². The molecule has 1 aromatic carbocycles. The van der Waals surface area contributed by atoms with E-state index in [0.29, 0.717) is 11.6 Å². The molecule has 0 atom stereocenters. The van der Waals surface area contributed by atoms with E-state index in [4.69, 9.17) is 0 Å². The Bertz CT molecular complexity index is 678. The Morgan fingerprint density at radius 2 is 2.21 bits per heavy atom. The quantitative estimate of drug-likeness (QED) is 0.674. The minimum Gasteiger partial charge on any atom is -0.291 e. The third-order valence-corrected chi connectivity index (χ3v) is 2.93. The van der Waals surface area contributed by atoms with Gasteiger partial charge in [-0.2, -0.15) is 5.10 Å². The molecule has 0 radical (unpaired) electrons. The Balaban J connectivity index is 2.20. The molecule has 0 saturated carbocycles. The van der Waals surface area contributed by atoms with Gasteiger partial charge in [0.2, 0.25) is 5.95 Å². The summed E-state index contributed by atoms with van der Waals surface area (Å²) in [7, 11) is 0. The summed E-state index contributed by atoms with van der Waals surface area (Å²) in [6.07, 6.45) is 0. The Kier molecular flexibility index (Phi) is 4.11. The SMILES string of the molecule is C/C(=N/Nc1nc(C)cc(=O)[nH]1)c1cccc(Br)c1. The van der Waals surface area contributed by atoms with Gasteiger partial charge in [-0.1, -0.05) is 28.1 Å². The van der Waals surface area contributed by atoms with Crippen LogP contribution >= 0.6 is 15.9 Å². The summed E-state index contributed by atoms with van der Waals surface area (Å²) in [5.74, 6) is 0.333. The second-order valence-corrected chi connectivity index (χ2v) is 4.97. The average Bonchev–Trinajstić information content (AvgIpc) is 2.35. The number of aryl methyl sites for hydroxylation is 1. The third-order valence-electron chi connectivity index (χ3n) is 2.44. The van der Waals surface area contributed by atoms with Crippen LogP contribution < -0.4 is 11.0 Å². The molecule has 0 amide bonds. The fourth-order valence-electron chi connectivity index (χ4n) is 1.55. The summed E-state index contributed by atoms with van der Waals surface area (Å²) in [4.78, 5) is 18.0. The van der Waals surface area contributed by atoms with Gasteiger partial charge < -0.3 is 0 Å². The number of hydrazone groups is 1. The van der Waals surface area contributed by atoms with Gasteiger partial charge in [-0.3, -0.25) is 9.78 Å². The van der Waals surface area contributed by atoms with Crippen molar-refractivity contribution in [1.82, 2.24) is 9.97 Å². The number of nitrogens with one attached hydrogen (secondary N) is 2. The van der Waals surface area contributed by atoms with Crippen molar-refractivity contribution in [2.24, 2.45) is 5.10 Å². The second kappa shape index (κ2) is 5.79. The summed E-state index contributed by atoms with van der Waals surface area (Å²) in [6, 6.07) is 9.23. The molecule has 1 heterocycles. The topological polar surface area (TPSA) is 70.1 Å². The minimum atomic E-state index is -0.203. The summed E-state index contributed by atoms with van der Waals surface area (Å²) >= 11 is 3.41. The lowest BCUT2D eigenvalue weighted by Crippen LogP contribution is -2.11. The van der Waals surface area contributed by atoms with Gasteiger partial charge in [-0.15, -0.1) is 0 Å². The molecule has 0 unspecified atom stereocenters. The Morgan fingerprint density at radius 3 is 2.89 bits per heavy atom. The van der Waals surface area contributed by atoms with Crippen LogP contribution in [0.3, 0.4) is 0 Å². The predicted molar refractivity (Wildman–Crippen MR) is 79.6 cm³/mol. The minimum absolute atomic E-state index is 0.203. The Hall–Kier alpha value is -1.95. The van der Waals surface area contributed by atoms with E-state index in [0.717, 1.165) is 15.7 Å². The number of nitrogens with zero attached hydrogens (tertiary/aromatic N) is 2. The van der Waals surface area contributed by atoms with Gasteiger partial charge in [0.1, 0.15) is 0 Å². The number of anilines is 1. The van der Waals surface area contributed by atoms with Crippen LogP contribution in [0, 0.1) is 6.92 Å².